The van der Waals surface area contributed by atoms with Gasteiger partial charge in [0.05, 0.1) is 4.90 Å². The van der Waals surface area contributed by atoms with Crippen LogP contribution in [0.3, 0.4) is 0 Å². The number of hydrogen-bond acceptors (Lipinski definition) is 3. The van der Waals surface area contributed by atoms with Gasteiger partial charge in [-0.3, -0.25) is 4.79 Å². The van der Waals surface area contributed by atoms with Crippen LogP contribution in [0.25, 0.3) is 0 Å². The van der Waals surface area contributed by atoms with Gasteiger partial charge in [-0.15, -0.1) is 0 Å². The average Bonchev–Trinajstić information content (AvgIpc) is 3.25. The first-order valence-corrected chi connectivity index (χ1v) is 11.3. The normalized spacial score (nSPS) is 29.3. The van der Waals surface area contributed by atoms with Crippen LogP contribution in [0.2, 0.25) is 5.02 Å². The summed E-state index contributed by atoms with van der Waals surface area (Å²) in [4.78, 5) is 14.7. The van der Waals surface area contributed by atoms with Crippen LogP contribution in [-0.4, -0.2) is 49.7 Å². The van der Waals surface area contributed by atoms with Crippen LogP contribution < -0.4 is 0 Å². The summed E-state index contributed by atoms with van der Waals surface area (Å²) in [6.07, 6.45) is 5.79. The maximum Gasteiger partial charge on any atom is 0.243 e. The Kier molecular flexibility index (Phi) is 5.01. The SMILES string of the molecule is O=C(CC1CC2CCC1C2)N1CCN(S(=O)(=O)c2cccc(Cl)c2)CC1. The van der Waals surface area contributed by atoms with Crippen LogP contribution in [0.1, 0.15) is 32.1 Å². The number of piperazine rings is 1. The lowest BCUT2D eigenvalue weighted by Crippen LogP contribution is -2.50. The fourth-order valence-electron chi connectivity index (χ4n) is 4.93. The summed E-state index contributed by atoms with van der Waals surface area (Å²) in [6.45, 7) is 1.63. The molecular formula is C19H25ClN2O3S. The van der Waals surface area contributed by atoms with E-state index >= 15 is 0 Å². The zero-order valence-corrected chi connectivity index (χ0v) is 16.4. The Morgan fingerprint density at radius 3 is 2.50 bits per heavy atom. The molecule has 0 radical (unpaired) electrons. The van der Waals surface area contributed by atoms with Gasteiger partial charge in [0.1, 0.15) is 0 Å². The highest BCUT2D eigenvalue weighted by atomic mass is 35.5. The molecule has 0 aromatic heterocycles. The molecule has 26 heavy (non-hydrogen) atoms. The van der Waals surface area contributed by atoms with Crippen molar-refractivity contribution in [2.45, 2.75) is 37.0 Å². The number of halogens is 1. The van der Waals surface area contributed by atoms with E-state index < -0.39 is 10.0 Å². The quantitative estimate of drug-likeness (QED) is 0.786. The number of nitrogens with zero attached hydrogens (tertiary/aromatic N) is 2. The molecule has 1 heterocycles. The standard InChI is InChI=1S/C19H25ClN2O3S/c20-17-2-1-3-18(13-17)26(24,25)22-8-6-21(7-9-22)19(23)12-16-11-14-4-5-15(16)10-14/h1-3,13-16H,4-12H2. The van der Waals surface area contributed by atoms with Crippen molar-refractivity contribution >= 4 is 27.5 Å². The lowest BCUT2D eigenvalue weighted by atomic mass is 9.86. The van der Waals surface area contributed by atoms with Gasteiger partial charge in [-0.05, 0) is 55.2 Å². The molecule has 2 saturated carbocycles. The first-order chi connectivity index (χ1) is 12.4. The lowest BCUT2D eigenvalue weighted by Gasteiger charge is -2.35. The van der Waals surface area contributed by atoms with E-state index in [1.165, 1.54) is 36.1 Å². The third-order valence-corrected chi connectivity index (χ3v) is 8.48. The molecule has 3 fully saturated rings. The highest BCUT2D eigenvalue weighted by Crippen LogP contribution is 2.49. The Bertz CT molecular complexity index is 790. The third kappa shape index (κ3) is 3.51. The minimum atomic E-state index is -3.55. The van der Waals surface area contributed by atoms with E-state index in [0.29, 0.717) is 43.5 Å². The molecule has 0 N–H and O–H groups in total. The number of amides is 1. The summed E-state index contributed by atoms with van der Waals surface area (Å²) in [5.41, 5.74) is 0. The van der Waals surface area contributed by atoms with E-state index in [4.69, 9.17) is 11.6 Å². The Morgan fingerprint density at radius 2 is 1.88 bits per heavy atom. The van der Waals surface area contributed by atoms with Gasteiger partial charge in [0.2, 0.25) is 15.9 Å². The second-order valence-electron chi connectivity index (χ2n) is 7.88. The molecule has 4 rings (SSSR count). The first kappa shape index (κ1) is 18.3. The number of carbonyl (C=O) groups is 1. The van der Waals surface area contributed by atoms with Gasteiger partial charge in [0, 0.05) is 37.6 Å². The molecule has 3 unspecified atom stereocenters. The number of rotatable bonds is 4. The monoisotopic (exact) mass is 396 g/mol. The van der Waals surface area contributed by atoms with Crippen LogP contribution in [0.15, 0.2) is 29.2 Å². The molecule has 7 heteroatoms. The van der Waals surface area contributed by atoms with Gasteiger partial charge in [-0.2, -0.15) is 4.31 Å². The average molecular weight is 397 g/mol. The predicted molar refractivity (Wildman–Crippen MR) is 100 cm³/mol. The molecular weight excluding hydrogens is 372 g/mol. The maximum absolute atomic E-state index is 12.7. The molecule has 1 aromatic rings. The van der Waals surface area contributed by atoms with Crippen molar-refractivity contribution in [2.75, 3.05) is 26.2 Å². The topological polar surface area (TPSA) is 57.7 Å². The lowest BCUT2D eigenvalue weighted by molar-refractivity contribution is -0.133. The number of carbonyl (C=O) groups excluding carboxylic acids is 1. The van der Waals surface area contributed by atoms with Crippen LogP contribution in [0.4, 0.5) is 0 Å². The van der Waals surface area contributed by atoms with Crippen molar-refractivity contribution in [3.8, 4) is 0 Å². The molecule has 1 aromatic carbocycles. The van der Waals surface area contributed by atoms with Crippen molar-refractivity contribution in [1.82, 2.24) is 9.21 Å². The Hall–Kier alpha value is -1.11. The molecule has 3 atom stereocenters. The van der Waals surface area contributed by atoms with E-state index in [0.717, 1.165) is 11.8 Å². The van der Waals surface area contributed by atoms with E-state index in [-0.39, 0.29) is 10.8 Å². The van der Waals surface area contributed by atoms with Gasteiger partial charge in [0.15, 0.2) is 0 Å². The van der Waals surface area contributed by atoms with Crippen molar-refractivity contribution in [2.24, 2.45) is 17.8 Å². The molecule has 1 aliphatic heterocycles. The van der Waals surface area contributed by atoms with Gasteiger partial charge < -0.3 is 4.90 Å². The number of sulfonamides is 1. The predicted octanol–water partition coefficient (Wildman–Crippen LogP) is 3.00. The van der Waals surface area contributed by atoms with Crippen LogP contribution >= 0.6 is 11.6 Å². The van der Waals surface area contributed by atoms with Crippen LogP contribution in [-0.2, 0) is 14.8 Å². The summed E-state index contributed by atoms with van der Waals surface area (Å²) in [5, 5.41) is 0.408. The summed E-state index contributed by atoms with van der Waals surface area (Å²) in [6, 6.07) is 6.34. The second-order valence-corrected chi connectivity index (χ2v) is 10.3. The first-order valence-electron chi connectivity index (χ1n) is 9.47. The molecule has 1 saturated heterocycles. The van der Waals surface area contributed by atoms with Gasteiger partial charge in [0.25, 0.3) is 0 Å². The van der Waals surface area contributed by atoms with E-state index in [1.54, 1.807) is 18.2 Å². The summed E-state index contributed by atoms with van der Waals surface area (Å²) in [5.74, 6) is 2.34. The zero-order valence-electron chi connectivity index (χ0n) is 14.8. The summed E-state index contributed by atoms with van der Waals surface area (Å²) < 4.78 is 26.9. The number of hydrogen-bond donors (Lipinski definition) is 0. The van der Waals surface area contributed by atoms with Crippen LogP contribution in [0, 0.1) is 17.8 Å². The fraction of sp³-hybridized carbons (Fsp3) is 0.632. The molecule has 0 spiro atoms. The molecule has 3 aliphatic rings. The van der Waals surface area contributed by atoms with Crippen LogP contribution in [0.5, 0.6) is 0 Å². The minimum Gasteiger partial charge on any atom is -0.340 e. The molecule has 142 valence electrons. The molecule has 2 aliphatic carbocycles. The van der Waals surface area contributed by atoms with Gasteiger partial charge in [-0.1, -0.05) is 24.1 Å². The Balaban J connectivity index is 1.34. The van der Waals surface area contributed by atoms with E-state index in [9.17, 15) is 13.2 Å². The second kappa shape index (κ2) is 7.13. The Morgan fingerprint density at radius 1 is 1.12 bits per heavy atom. The molecule has 1 amide bonds. The van der Waals surface area contributed by atoms with Crippen molar-refractivity contribution in [3.05, 3.63) is 29.3 Å². The summed E-state index contributed by atoms with van der Waals surface area (Å²) in [7, 11) is -3.55. The summed E-state index contributed by atoms with van der Waals surface area (Å²) >= 11 is 5.93. The fourth-order valence-corrected chi connectivity index (χ4v) is 6.66. The highest BCUT2D eigenvalue weighted by molar-refractivity contribution is 7.89. The smallest absolute Gasteiger partial charge is 0.243 e. The van der Waals surface area contributed by atoms with Crippen molar-refractivity contribution in [1.29, 1.82) is 0 Å². The zero-order chi connectivity index (χ0) is 18.3. The van der Waals surface area contributed by atoms with Crippen molar-refractivity contribution < 1.29 is 13.2 Å². The molecule has 2 bridgehead atoms. The van der Waals surface area contributed by atoms with Crippen molar-refractivity contribution in [3.63, 3.8) is 0 Å². The Labute approximate surface area is 160 Å². The molecule has 5 nitrogen and oxygen atoms in total. The number of benzene rings is 1. The van der Waals surface area contributed by atoms with Gasteiger partial charge >= 0.3 is 0 Å². The maximum atomic E-state index is 12.7. The van der Waals surface area contributed by atoms with E-state index in [2.05, 4.69) is 0 Å². The van der Waals surface area contributed by atoms with E-state index in [1.807, 2.05) is 4.90 Å². The minimum absolute atomic E-state index is 0.197. The third-order valence-electron chi connectivity index (χ3n) is 6.35. The van der Waals surface area contributed by atoms with Gasteiger partial charge in [-0.25, -0.2) is 8.42 Å². The number of fused-ring (bicyclic) bond motifs is 2. The highest BCUT2D eigenvalue weighted by Gasteiger charge is 2.41. The largest absolute Gasteiger partial charge is 0.340 e.